The Balaban J connectivity index is 2.76. The summed E-state index contributed by atoms with van der Waals surface area (Å²) in [6.45, 7) is 0. The van der Waals surface area contributed by atoms with Crippen LogP contribution < -0.4 is 0 Å². The summed E-state index contributed by atoms with van der Waals surface area (Å²) in [4.78, 5) is 7.94. The van der Waals surface area contributed by atoms with Crippen molar-refractivity contribution in [3.8, 4) is 0 Å². The summed E-state index contributed by atoms with van der Waals surface area (Å²) >= 11 is 5.77. The van der Waals surface area contributed by atoms with E-state index in [1.165, 1.54) is 18.6 Å². The molecule has 0 amide bonds. The molecular weight excluding hydrogens is 224 g/mol. The Hall–Kier alpha value is -1.14. The normalized spacial score (nSPS) is 13.0. The molecule has 0 aliphatic heterocycles. The van der Waals surface area contributed by atoms with E-state index in [0.717, 1.165) is 0 Å². The van der Waals surface area contributed by atoms with Crippen LogP contribution in [0.15, 0.2) is 17.6 Å². The number of fused-ring (bicyclic) bond motifs is 1. The van der Waals surface area contributed by atoms with E-state index in [0.29, 0.717) is 10.9 Å². The molecule has 0 saturated heterocycles. The fourth-order valence-electron chi connectivity index (χ4n) is 0.962. The highest BCUT2D eigenvalue weighted by molar-refractivity contribution is 7.84. The molecule has 2 aromatic heterocycles. The minimum absolute atomic E-state index is 0.191. The highest BCUT2D eigenvalue weighted by Crippen LogP contribution is 2.16. The quantitative estimate of drug-likeness (QED) is 0.676. The Labute approximate surface area is 87.0 Å². The largest absolute Gasteiger partial charge is 0.251 e. The number of hydrogen-bond acceptors (Lipinski definition) is 5. The van der Waals surface area contributed by atoms with Crippen molar-refractivity contribution < 1.29 is 4.21 Å². The summed E-state index contributed by atoms with van der Waals surface area (Å²) in [5, 5.41) is 8.40. The van der Waals surface area contributed by atoms with Crippen molar-refractivity contribution in [2.45, 2.75) is 5.16 Å². The van der Waals surface area contributed by atoms with Gasteiger partial charge in [-0.1, -0.05) is 11.6 Å². The van der Waals surface area contributed by atoms with Crippen LogP contribution in [0, 0.1) is 0 Å². The molecule has 0 fully saturated rings. The van der Waals surface area contributed by atoms with E-state index < -0.39 is 10.8 Å². The van der Waals surface area contributed by atoms with Gasteiger partial charge < -0.3 is 0 Å². The molecule has 14 heavy (non-hydrogen) atoms. The molecule has 2 heterocycles. The van der Waals surface area contributed by atoms with Crippen LogP contribution in [0.5, 0.6) is 0 Å². The third-order valence-corrected chi connectivity index (χ3v) is 2.56. The SMILES string of the molecule is CS(=O)c1ncc2cnnc(Cl)c2n1. The van der Waals surface area contributed by atoms with Crippen molar-refractivity contribution in [3.63, 3.8) is 0 Å². The molecule has 72 valence electrons. The second-order valence-corrected chi connectivity index (χ2v) is 4.18. The molecule has 5 nitrogen and oxygen atoms in total. The summed E-state index contributed by atoms with van der Waals surface area (Å²) in [5.41, 5.74) is 0.474. The molecular formula is C7H5ClN4OS. The minimum Gasteiger partial charge on any atom is -0.251 e. The maximum atomic E-state index is 11.1. The molecule has 0 bridgehead atoms. The van der Waals surface area contributed by atoms with Gasteiger partial charge in [0.2, 0.25) is 5.16 Å². The molecule has 2 aromatic rings. The molecule has 0 spiro atoms. The molecule has 1 unspecified atom stereocenters. The number of aromatic nitrogens is 4. The maximum absolute atomic E-state index is 11.1. The molecule has 0 saturated carbocycles. The van der Waals surface area contributed by atoms with Gasteiger partial charge in [0, 0.05) is 17.8 Å². The first-order valence-corrected chi connectivity index (χ1v) is 5.59. The predicted octanol–water partition coefficient (Wildman–Crippen LogP) is 0.811. The van der Waals surface area contributed by atoms with Gasteiger partial charge in [-0.05, 0) is 0 Å². The zero-order valence-electron chi connectivity index (χ0n) is 7.14. The van der Waals surface area contributed by atoms with Crippen LogP contribution in [0.4, 0.5) is 0 Å². The first-order chi connectivity index (χ1) is 6.68. The van der Waals surface area contributed by atoms with Crippen LogP contribution in [-0.2, 0) is 10.8 Å². The fraction of sp³-hybridized carbons (Fsp3) is 0.143. The van der Waals surface area contributed by atoms with Gasteiger partial charge in [-0.25, -0.2) is 9.97 Å². The molecule has 1 atom stereocenters. The lowest BCUT2D eigenvalue weighted by Crippen LogP contribution is -1.98. The van der Waals surface area contributed by atoms with E-state index in [-0.39, 0.29) is 10.3 Å². The van der Waals surface area contributed by atoms with Crippen LogP contribution in [0.3, 0.4) is 0 Å². The molecule has 2 rings (SSSR count). The van der Waals surface area contributed by atoms with E-state index in [1.54, 1.807) is 0 Å². The fourth-order valence-corrected chi connectivity index (χ4v) is 1.58. The smallest absolute Gasteiger partial charge is 0.218 e. The van der Waals surface area contributed by atoms with Crippen LogP contribution in [0.25, 0.3) is 10.9 Å². The second kappa shape index (κ2) is 3.55. The highest BCUT2D eigenvalue weighted by atomic mass is 35.5. The van der Waals surface area contributed by atoms with Crippen molar-refractivity contribution in [1.29, 1.82) is 0 Å². The zero-order chi connectivity index (χ0) is 10.1. The number of halogens is 1. The molecule has 0 N–H and O–H groups in total. The molecule has 7 heteroatoms. The van der Waals surface area contributed by atoms with Gasteiger partial charge in [0.25, 0.3) is 0 Å². The van der Waals surface area contributed by atoms with Crippen molar-refractivity contribution in [2.24, 2.45) is 0 Å². The lowest BCUT2D eigenvalue weighted by molar-refractivity contribution is 0.680. The van der Waals surface area contributed by atoms with Gasteiger partial charge in [0.05, 0.1) is 17.0 Å². The molecule has 0 radical (unpaired) electrons. The summed E-state index contributed by atoms with van der Waals surface area (Å²) in [5.74, 6) is 0. The van der Waals surface area contributed by atoms with Gasteiger partial charge in [0.15, 0.2) is 5.15 Å². The van der Waals surface area contributed by atoms with Crippen LogP contribution in [0.1, 0.15) is 0 Å². The number of rotatable bonds is 1. The third kappa shape index (κ3) is 1.58. The van der Waals surface area contributed by atoms with E-state index in [2.05, 4.69) is 20.2 Å². The standard InChI is InChI=1S/C7H5ClN4OS/c1-14(13)7-9-2-4-3-10-12-6(8)5(4)11-7/h2-3H,1H3. The Bertz CT molecular complexity index is 518. The summed E-state index contributed by atoms with van der Waals surface area (Å²) in [7, 11) is -1.22. The lowest BCUT2D eigenvalue weighted by Gasteiger charge is -1.98. The van der Waals surface area contributed by atoms with Crippen LogP contribution in [-0.4, -0.2) is 30.6 Å². The average Bonchev–Trinajstić information content (AvgIpc) is 2.18. The summed E-state index contributed by atoms with van der Waals surface area (Å²) in [6.07, 6.45) is 4.53. The van der Waals surface area contributed by atoms with Crippen molar-refractivity contribution in [2.75, 3.05) is 6.26 Å². The predicted molar refractivity (Wildman–Crippen MR) is 52.5 cm³/mol. The van der Waals surface area contributed by atoms with Crippen molar-refractivity contribution in [1.82, 2.24) is 20.2 Å². The Kier molecular flexibility index (Phi) is 2.39. The zero-order valence-corrected chi connectivity index (χ0v) is 8.71. The Morgan fingerprint density at radius 3 is 2.93 bits per heavy atom. The third-order valence-electron chi connectivity index (χ3n) is 1.59. The minimum atomic E-state index is -1.22. The van der Waals surface area contributed by atoms with Crippen molar-refractivity contribution in [3.05, 3.63) is 17.5 Å². The topological polar surface area (TPSA) is 68.6 Å². The monoisotopic (exact) mass is 228 g/mol. The summed E-state index contributed by atoms with van der Waals surface area (Å²) < 4.78 is 11.1. The van der Waals surface area contributed by atoms with E-state index in [1.807, 2.05) is 0 Å². The Morgan fingerprint density at radius 2 is 2.21 bits per heavy atom. The second-order valence-electron chi connectivity index (χ2n) is 2.55. The molecule has 0 aliphatic rings. The van der Waals surface area contributed by atoms with Crippen molar-refractivity contribution >= 4 is 33.3 Å². The molecule has 0 aromatic carbocycles. The van der Waals surface area contributed by atoms with Gasteiger partial charge in [-0.15, -0.1) is 5.10 Å². The average molecular weight is 229 g/mol. The Morgan fingerprint density at radius 1 is 1.43 bits per heavy atom. The van der Waals surface area contributed by atoms with Gasteiger partial charge in [-0.3, -0.25) is 4.21 Å². The summed E-state index contributed by atoms with van der Waals surface area (Å²) in [6, 6.07) is 0. The van der Waals surface area contributed by atoms with E-state index in [4.69, 9.17) is 11.6 Å². The lowest BCUT2D eigenvalue weighted by atomic mass is 10.4. The highest BCUT2D eigenvalue weighted by Gasteiger charge is 2.06. The van der Waals surface area contributed by atoms with Gasteiger partial charge in [0.1, 0.15) is 5.52 Å². The van der Waals surface area contributed by atoms with Crippen LogP contribution >= 0.6 is 11.6 Å². The first-order valence-electron chi connectivity index (χ1n) is 3.66. The maximum Gasteiger partial charge on any atom is 0.218 e. The molecule has 0 aliphatic carbocycles. The number of hydrogen-bond donors (Lipinski definition) is 0. The number of nitrogens with zero attached hydrogens (tertiary/aromatic N) is 4. The first kappa shape index (κ1) is 9.42. The van der Waals surface area contributed by atoms with E-state index >= 15 is 0 Å². The van der Waals surface area contributed by atoms with Gasteiger partial charge >= 0.3 is 0 Å². The van der Waals surface area contributed by atoms with Gasteiger partial charge in [-0.2, -0.15) is 5.10 Å². The van der Waals surface area contributed by atoms with E-state index in [9.17, 15) is 4.21 Å². The van der Waals surface area contributed by atoms with Crippen LogP contribution in [0.2, 0.25) is 5.15 Å².